The maximum absolute atomic E-state index is 5.75. The highest BCUT2D eigenvalue weighted by Gasteiger charge is 2.26. The summed E-state index contributed by atoms with van der Waals surface area (Å²) in [5, 5.41) is 3.68. The molecule has 132 valence electrons. The van der Waals surface area contributed by atoms with Gasteiger partial charge in [0.1, 0.15) is 25.4 Å². The van der Waals surface area contributed by atoms with Gasteiger partial charge < -0.3 is 14.8 Å². The van der Waals surface area contributed by atoms with E-state index in [0.717, 1.165) is 36.7 Å². The van der Waals surface area contributed by atoms with Crippen molar-refractivity contribution in [3.8, 4) is 17.3 Å². The van der Waals surface area contributed by atoms with Crippen molar-refractivity contribution >= 4 is 0 Å². The van der Waals surface area contributed by atoms with Crippen LogP contribution in [-0.2, 0) is 13.0 Å². The minimum atomic E-state index is 0.339. The van der Waals surface area contributed by atoms with E-state index in [1.807, 2.05) is 23.0 Å². The van der Waals surface area contributed by atoms with Crippen LogP contribution in [0.1, 0.15) is 29.2 Å². The number of ether oxygens (including phenoxy) is 2. The molecular formula is C20H20N4O2. The third-order valence-electron chi connectivity index (χ3n) is 5.01. The average molecular weight is 348 g/mol. The number of aryl methyl sites for hydroxylation is 1. The summed E-state index contributed by atoms with van der Waals surface area (Å²) in [5.74, 6) is 2.64. The van der Waals surface area contributed by atoms with Crippen LogP contribution in [0, 0.1) is 0 Å². The number of hydrogen-bond acceptors (Lipinski definition) is 5. The van der Waals surface area contributed by atoms with Crippen molar-refractivity contribution in [2.75, 3.05) is 13.2 Å². The number of fused-ring (bicyclic) bond motifs is 2. The van der Waals surface area contributed by atoms with Gasteiger partial charge in [-0.15, -0.1) is 0 Å². The first kappa shape index (κ1) is 15.4. The van der Waals surface area contributed by atoms with E-state index in [-0.39, 0.29) is 0 Å². The highest BCUT2D eigenvalue weighted by molar-refractivity contribution is 5.51. The van der Waals surface area contributed by atoms with Crippen molar-refractivity contribution in [2.45, 2.75) is 25.4 Å². The van der Waals surface area contributed by atoms with E-state index in [1.54, 1.807) is 12.5 Å². The molecule has 1 aromatic carbocycles. The quantitative estimate of drug-likeness (QED) is 0.786. The van der Waals surface area contributed by atoms with Crippen LogP contribution in [0.15, 0.2) is 49.2 Å². The first-order valence-electron chi connectivity index (χ1n) is 8.96. The molecule has 0 unspecified atom stereocenters. The van der Waals surface area contributed by atoms with E-state index in [2.05, 4.69) is 33.5 Å². The number of nitrogens with one attached hydrogen (secondary N) is 1. The topological polar surface area (TPSA) is 61.2 Å². The summed E-state index contributed by atoms with van der Waals surface area (Å²) in [6, 6.07) is 8.78. The van der Waals surface area contributed by atoms with Gasteiger partial charge in [-0.25, -0.2) is 9.97 Å². The largest absolute Gasteiger partial charge is 0.486 e. The molecule has 2 aromatic heterocycles. The van der Waals surface area contributed by atoms with Gasteiger partial charge in [-0.1, -0.05) is 0 Å². The number of hydrogen-bond donors (Lipinski definition) is 1. The maximum Gasteiger partial charge on any atom is 0.161 e. The van der Waals surface area contributed by atoms with Gasteiger partial charge in [-0.05, 0) is 53.8 Å². The molecule has 26 heavy (non-hydrogen) atoms. The Morgan fingerprint density at radius 2 is 2.00 bits per heavy atom. The summed E-state index contributed by atoms with van der Waals surface area (Å²) >= 11 is 0. The van der Waals surface area contributed by atoms with E-state index >= 15 is 0 Å². The molecule has 0 bridgehead atoms. The molecule has 3 aromatic rings. The Kier molecular flexibility index (Phi) is 3.83. The minimum absolute atomic E-state index is 0.339. The van der Waals surface area contributed by atoms with Gasteiger partial charge in [-0.2, -0.15) is 0 Å². The van der Waals surface area contributed by atoms with E-state index < -0.39 is 0 Å². The molecule has 6 nitrogen and oxygen atoms in total. The molecule has 5 rings (SSSR count). The molecule has 1 aliphatic carbocycles. The molecule has 0 spiro atoms. The van der Waals surface area contributed by atoms with Gasteiger partial charge in [-0.3, -0.25) is 4.57 Å². The van der Waals surface area contributed by atoms with Crippen LogP contribution in [0.2, 0.25) is 0 Å². The van der Waals surface area contributed by atoms with Crippen molar-refractivity contribution < 1.29 is 9.47 Å². The molecule has 2 aliphatic rings. The van der Waals surface area contributed by atoms with Gasteiger partial charge in [0.05, 0.1) is 0 Å². The molecule has 0 radical (unpaired) electrons. The van der Waals surface area contributed by atoms with Gasteiger partial charge >= 0.3 is 0 Å². The third kappa shape index (κ3) is 2.82. The highest BCUT2D eigenvalue weighted by atomic mass is 16.6. The summed E-state index contributed by atoms with van der Waals surface area (Å²) in [6.07, 6.45) is 9.43. The Morgan fingerprint density at radius 1 is 1.12 bits per heavy atom. The van der Waals surface area contributed by atoms with Crippen LogP contribution >= 0.6 is 0 Å². The van der Waals surface area contributed by atoms with E-state index in [4.69, 9.17) is 9.47 Å². The van der Waals surface area contributed by atoms with Crippen molar-refractivity contribution in [1.29, 1.82) is 0 Å². The van der Waals surface area contributed by atoms with Crippen LogP contribution in [-0.4, -0.2) is 27.7 Å². The number of benzene rings is 1. The SMILES string of the molecule is c1cn(-c2cc(CN[C@@H]3CCc4cc5c(cc43)OCCO5)ccn2)cn1. The summed E-state index contributed by atoms with van der Waals surface area (Å²) in [5.41, 5.74) is 3.90. The second-order valence-corrected chi connectivity index (χ2v) is 6.66. The molecule has 1 aliphatic heterocycles. The Labute approximate surface area is 151 Å². The number of imidazole rings is 1. The fraction of sp³-hybridized carbons (Fsp3) is 0.300. The average Bonchev–Trinajstić information content (AvgIpc) is 3.35. The molecular weight excluding hydrogens is 328 g/mol. The number of pyridine rings is 1. The van der Waals surface area contributed by atoms with Gasteiger partial charge in [0.15, 0.2) is 11.5 Å². The first-order chi connectivity index (χ1) is 12.9. The maximum atomic E-state index is 5.75. The number of rotatable bonds is 4. The zero-order valence-electron chi connectivity index (χ0n) is 14.4. The summed E-state index contributed by atoms with van der Waals surface area (Å²) in [4.78, 5) is 8.49. The lowest BCUT2D eigenvalue weighted by Crippen LogP contribution is -2.20. The molecule has 0 fully saturated rings. The standard InChI is InChI=1S/C20H20N4O2/c1-2-17(16-11-19-18(10-15(1)16)25-7-8-26-19)23-12-14-3-4-22-20(9-14)24-6-5-21-13-24/h3-6,9-11,13,17,23H,1-2,7-8,12H2/t17-/m1/s1. The monoisotopic (exact) mass is 348 g/mol. The number of nitrogens with zero attached hydrogens (tertiary/aromatic N) is 3. The fourth-order valence-corrected chi connectivity index (χ4v) is 3.70. The molecule has 3 heterocycles. The summed E-state index contributed by atoms with van der Waals surface area (Å²) in [7, 11) is 0. The van der Waals surface area contributed by atoms with E-state index in [9.17, 15) is 0 Å². The Morgan fingerprint density at radius 3 is 2.85 bits per heavy atom. The zero-order valence-corrected chi connectivity index (χ0v) is 14.4. The Hall–Kier alpha value is -2.86. The third-order valence-corrected chi connectivity index (χ3v) is 5.01. The van der Waals surface area contributed by atoms with Crippen LogP contribution < -0.4 is 14.8 Å². The highest BCUT2D eigenvalue weighted by Crippen LogP contribution is 2.40. The normalized spacial score (nSPS) is 17.9. The predicted molar refractivity (Wildman–Crippen MR) is 96.7 cm³/mol. The smallest absolute Gasteiger partial charge is 0.161 e. The number of aromatic nitrogens is 3. The molecule has 0 saturated heterocycles. The first-order valence-corrected chi connectivity index (χ1v) is 8.96. The molecule has 0 saturated carbocycles. The molecule has 0 amide bonds. The van der Waals surface area contributed by atoms with Crippen molar-refractivity contribution in [3.63, 3.8) is 0 Å². The van der Waals surface area contributed by atoms with E-state index in [0.29, 0.717) is 19.3 Å². The van der Waals surface area contributed by atoms with Gasteiger partial charge in [0.25, 0.3) is 0 Å². The van der Waals surface area contributed by atoms with Crippen molar-refractivity contribution in [1.82, 2.24) is 19.9 Å². The molecule has 1 atom stereocenters. The van der Waals surface area contributed by atoms with Crippen molar-refractivity contribution in [2.24, 2.45) is 0 Å². The molecule has 6 heteroatoms. The summed E-state index contributed by atoms with van der Waals surface area (Å²) in [6.45, 7) is 2.05. The van der Waals surface area contributed by atoms with Gasteiger partial charge in [0, 0.05) is 31.2 Å². The van der Waals surface area contributed by atoms with Crippen molar-refractivity contribution in [3.05, 3.63) is 65.9 Å². The lowest BCUT2D eigenvalue weighted by atomic mass is 10.1. The second-order valence-electron chi connectivity index (χ2n) is 6.66. The van der Waals surface area contributed by atoms with E-state index in [1.165, 1.54) is 16.7 Å². The minimum Gasteiger partial charge on any atom is -0.486 e. The summed E-state index contributed by atoms with van der Waals surface area (Å²) < 4.78 is 13.4. The Bertz CT molecular complexity index is 924. The van der Waals surface area contributed by atoms with Crippen LogP contribution in [0.4, 0.5) is 0 Å². The molecule has 1 N–H and O–H groups in total. The lowest BCUT2D eigenvalue weighted by Gasteiger charge is -2.21. The van der Waals surface area contributed by atoms with Crippen LogP contribution in [0.5, 0.6) is 11.5 Å². The lowest BCUT2D eigenvalue weighted by molar-refractivity contribution is 0.171. The zero-order chi connectivity index (χ0) is 17.3. The van der Waals surface area contributed by atoms with Crippen LogP contribution in [0.3, 0.4) is 0 Å². The fourth-order valence-electron chi connectivity index (χ4n) is 3.70. The van der Waals surface area contributed by atoms with Gasteiger partial charge in [0.2, 0.25) is 0 Å². The second kappa shape index (κ2) is 6.46. The predicted octanol–water partition coefficient (Wildman–Crippen LogP) is 2.82. The Balaban J connectivity index is 1.32. The van der Waals surface area contributed by atoms with Crippen LogP contribution in [0.25, 0.3) is 5.82 Å².